The fourth-order valence-corrected chi connectivity index (χ4v) is 2.38. The number of nitrogen functional groups attached to an aromatic ring is 1. The van der Waals surface area contributed by atoms with Crippen molar-refractivity contribution in [3.8, 4) is 0 Å². The Morgan fingerprint density at radius 1 is 1.05 bits per heavy atom. The van der Waals surface area contributed by atoms with E-state index < -0.39 is 0 Å². The van der Waals surface area contributed by atoms with Crippen molar-refractivity contribution in [2.45, 2.75) is 34.1 Å². The zero-order chi connectivity index (χ0) is 14.7. The van der Waals surface area contributed by atoms with Crippen molar-refractivity contribution in [1.82, 2.24) is 4.98 Å². The van der Waals surface area contributed by atoms with Crippen LogP contribution >= 0.6 is 0 Å². The summed E-state index contributed by atoms with van der Waals surface area (Å²) in [4.78, 5) is 4.33. The minimum absolute atomic E-state index is 0.707. The number of pyridine rings is 1. The zero-order valence-electron chi connectivity index (χ0n) is 12.7. The van der Waals surface area contributed by atoms with Crippen molar-refractivity contribution in [3.05, 3.63) is 52.2 Å². The van der Waals surface area contributed by atoms with Crippen LogP contribution in [0.3, 0.4) is 0 Å². The van der Waals surface area contributed by atoms with E-state index in [1.165, 1.54) is 22.3 Å². The predicted molar refractivity (Wildman–Crippen MR) is 86.2 cm³/mol. The molecule has 0 saturated heterocycles. The van der Waals surface area contributed by atoms with Crippen LogP contribution in [0.25, 0.3) is 0 Å². The van der Waals surface area contributed by atoms with Crippen molar-refractivity contribution in [1.29, 1.82) is 0 Å². The second-order valence-electron chi connectivity index (χ2n) is 5.40. The van der Waals surface area contributed by atoms with Crippen LogP contribution in [0.15, 0.2) is 24.4 Å². The predicted octanol–water partition coefficient (Wildman–Crippen LogP) is 3.55. The van der Waals surface area contributed by atoms with E-state index in [2.05, 4.69) is 43.2 Å². The number of hydrogen-bond acceptors (Lipinski definition) is 3. The van der Waals surface area contributed by atoms with E-state index >= 15 is 0 Å². The third-order valence-electron chi connectivity index (χ3n) is 3.96. The Hall–Kier alpha value is -2.03. The van der Waals surface area contributed by atoms with Crippen LogP contribution in [0, 0.1) is 27.7 Å². The lowest BCUT2D eigenvalue weighted by Crippen LogP contribution is -2.09. The lowest BCUT2D eigenvalue weighted by molar-refractivity contribution is 0.982. The molecule has 0 aliphatic carbocycles. The van der Waals surface area contributed by atoms with E-state index in [1.807, 2.05) is 13.0 Å². The Morgan fingerprint density at radius 3 is 2.50 bits per heavy atom. The van der Waals surface area contributed by atoms with Crippen LogP contribution in [0.1, 0.15) is 27.8 Å². The number of anilines is 2. The summed E-state index contributed by atoms with van der Waals surface area (Å²) in [7, 11) is 0. The first-order valence-electron chi connectivity index (χ1n) is 7.00. The minimum atomic E-state index is 0.707. The molecule has 0 spiro atoms. The van der Waals surface area contributed by atoms with Crippen molar-refractivity contribution in [2.24, 2.45) is 0 Å². The summed E-state index contributed by atoms with van der Waals surface area (Å²) in [5, 5.41) is 3.38. The molecule has 3 N–H and O–H groups in total. The monoisotopic (exact) mass is 269 g/mol. The second kappa shape index (κ2) is 5.95. The highest BCUT2D eigenvalue weighted by Gasteiger charge is 2.04. The highest BCUT2D eigenvalue weighted by atomic mass is 15.0. The van der Waals surface area contributed by atoms with Gasteiger partial charge in [-0.05, 0) is 68.0 Å². The Balaban J connectivity index is 2.01. The molecule has 1 aromatic carbocycles. The normalized spacial score (nSPS) is 10.6. The lowest BCUT2D eigenvalue weighted by Gasteiger charge is -2.13. The topological polar surface area (TPSA) is 50.9 Å². The van der Waals surface area contributed by atoms with Gasteiger partial charge in [-0.25, -0.2) is 4.98 Å². The summed E-state index contributed by atoms with van der Waals surface area (Å²) in [5.41, 5.74) is 13.0. The summed E-state index contributed by atoms with van der Waals surface area (Å²) in [6, 6.07) is 6.36. The summed E-state index contributed by atoms with van der Waals surface area (Å²) >= 11 is 0. The number of hydrogen-bond donors (Lipinski definition) is 2. The molecular weight excluding hydrogens is 246 g/mol. The molecule has 0 radical (unpaired) electrons. The van der Waals surface area contributed by atoms with Gasteiger partial charge >= 0.3 is 0 Å². The van der Waals surface area contributed by atoms with Crippen LogP contribution in [-0.2, 0) is 6.42 Å². The van der Waals surface area contributed by atoms with Gasteiger partial charge in [-0.15, -0.1) is 0 Å². The fraction of sp³-hybridized carbons (Fsp3) is 0.353. The van der Waals surface area contributed by atoms with Crippen molar-refractivity contribution >= 4 is 11.5 Å². The molecule has 0 saturated carbocycles. The standard InChI is InChI=1S/C17H23N3/c1-11-5-6-15(14(4)13(11)3)7-8-19-17-12(2)9-16(18)10-20-17/h5-6,9-10H,7-8,18H2,1-4H3,(H,19,20). The molecule has 0 amide bonds. The van der Waals surface area contributed by atoms with Gasteiger partial charge in [0.05, 0.1) is 11.9 Å². The quantitative estimate of drug-likeness (QED) is 0.892. The molecule has 0 atom stereocenters. The van der Waals surface area contributed by atoms with Crippen molar-refractivity contribution in [2.75, 3.05) is 17.6 Å². The van der Waals surface area contributed by atoms with E-state index in [1.54, 1.807) is 6.20 Å². The molecule has 0 bridgehead atoms. The lowest BCUT2D eigenvalue weighted by atomic mass is 9.97. The first-order valence-corrected chi connectivity index (χ1v) is 7.00. The Kier molecular flexibility index (Phi) is 4.28. The number of nitrogens with zero attached hydrogens (tertiary/aromatic N) is 1. The maximum atomic E-state index is 5.71. The first kappa shape index (κ1) is 14.4. The Bertz CT molecular complexity index is 618. The number of nitrogens with one attached hydrogen (secondary N) is 1. The molecular formula is C17H23N3. The molecule has 1 aromatic heterocycles. The van der Waals surface area contributed by atoms with E-state index in [9.17, 15) is 0 Å². The van der Waals surface area contributed by atoms with Gasteiger partial charge in [0.25, 0.3) is 0 Å². The van der Waals surface area contributed by atoms with Gasteiger partial charge < -0.3 is 11.1 Å². The van der Waals surface area contributed by atoms with E-state index in [-0.39, 0.29) is 0 Å². The minimum Gasteiger partial charge on any atom is -0.397 e. The number of rotatable bonds is 4. The molecule has 0 aliphatic rings. The number of nitrogens with two attached hydrogens (primary N) is 1. The molecule has 0 aliphatic heterocycles. The fourth-order valence-electron chi connectivity index (χ4n) is 2.38. The number of aromatic nitrogens is 1. The van der Waals surface area contributed by atoms with Crippen molar-refractivity contribution < 1.29 is 0 Å². The SMILES string of the molecule is Cc1cc(N)cnc1NCCc1ccc(C)c(C)c1C. The maximum Gasteiger partial charge on any atom is 0.129 e. The van der Waals surface area contributed by atoms with Gasteiger partial charge in [-0.1, -0.05) is 12.1 Å². The molecule has 20 heavy (non-hydrogen) atoms. The van der Waals surface area contributed by atoms with Gasteiger partial charge in [0.1, 0.15) is 5.82 Å². The summed E-state index contributed by atoms with van der Waals surface area (Å²) in [6.45, 7) is 9.44. The smallest absolute Gasteiger partial charge is 0.129 e. The van der Waals surface area contributed by atoms with Gasteiger partial charge in [0.2, 0.25) is 0 Å². The molecule has 3 heteroatoms. The van der Waals surface area contributed by atoms with Crippen LogP contribution in [0.4, 0.5) is 11.5 Å². The van der Waals surface area contributed by atoms with Crippen LogP contribution < -0.4 is 11.1 Å². The summed E-state index contributed by atoms with van der Waals surface area (Å²) in [6.07, 6.45) is 2.69. The van der Waals surface area contributed by atoms with Crippen LogP contribution in [-0.4, -0.2) is 11.5 Å². The van der Waals surface area contributed by atoms with E-state index in [0.717, 1.165) is 24.3 Å². The molecule has 2 rings (SSSR count). The van der Waals surface area contributed by atoms with Gasteiger partial charge in [0.15, 0.2) is 0 Å². The molecule has 2 aromatic rings. The molecule has 106 valence electrons. The van der Waals surface area contributed by atoms with Crippen molar-refractivity contribution in [3.63, 3.8) is 0 Å². The summed E-state index contributed by atoms with van der Waals surface area (Å²) < 4.78 is 0. The molecule has 1 heterocycles. The average Bonchev–Trinajstić information content (AvgIpc) is 2.41. The molecule has 0 fully saturated rings. The third kappa shape index (κ3) is 3.10. The largest absolute Gasteiger partial charge is 0.397 e. The number of aryl methyl sites for hydroxylation is 2. The molecule has 3 nitrogen and oxygen atoms in total. The van der Waals surface area contributed by atoms with E-state index in [0.29, 0.717) is 5.69 Å². The zero-order valence-corrected chi connectivity index (χ0v) is 12.7. The number of benzene rings is 1. The van der Waals surface area contributed by atoms with Crippen LogP contribution in [0.2, 0.25) is 0 Å². The molecule has 0 unspecified atom stereocenters. The van der Waals surface area contributed by atoms with Gasteiger partial charge in [-0.3, -0.25) is 0 Å². The second-order valence-corrected chi connectivity index (χ2v) is 5.40. The Morgan fingerprint density at radius 2 is 1.80 bits per heavy atom. The highest BCUT2D eigenvalue weighted by Crippen LogP contribution is 2.18. The average molecular weight is 269 g/mol. The maximum absolute atomic E-state index is 5.71. The van der Waals surface area contributed by atoms with E-state index in [4.69, 9.17) is 5.73 Å². The summed E-state index contributed by atoms with van der Waals surface area (Å²) in [5.74, 6) is 0.917. The van der Waals surface area contributed by atoms with Gasteiger partial charge in [-0.2, -0.15) is 0 Å². The first-order chi connectivity index (χ1) is 9.49. The highest BCUT2D eigenvalue weighted by molar-refractivity contribution is 5.51. The van der Waals surface area contributed by atoms with Gasteiger partial charge in [0, 0.05) is 6.54 Å². The Labute approximate surface area is 121 Å². The van der Waals surface area contributed by atoms with Crippen LogP contribution in [0.5, 0.6) is 0 Å². The third-order valence-corrected chi connectivity index (χ3v) is 3.96.